The summed E-state index contributed by atoms with van der Waals surface area (Å²) in [7, 11) is -2.39. The average molecular weight is 514 g/mol. The average Bonchev–Trinajstić information content (AvgIpc) is 2.84. The van der Waals surface area contributed by atoms with Crippen LogP contribution in [0.15, 0.2) is 65.6 Å². The number of nitrogens with two attached hydrogens (primary N) is 1. The molecule has 1 aliphatic rings. The molecular weight excluding hydrogens is 490 g/mol. The molecule has 0 spiro atoms. The fourth-order valence-electron chi connectivity index (χ4n) is 4.04. The Bertz CT molecular complexity index is 1400. The number of nitrogens with one attached hydrogen (secondary N) is 2. The Hall–Kier alpha value is -3.47. The van der Waals surface area contributed by atoms with Gasteiger partial charge in [0.25, 0.3) is 10.0 Å². The van der Waals surface area contributed by atoms with Gasteiger partial charge in [-0.3, -0.25) is 14.3 Å². The minimum Gasteiger partial charge on any atom is -0.358 e. The van der Waals surface area contributed by atoms with Crippen molar-refractivity contribution < 1.29 is 18.0 Å². The number of rotatable bonds is 6. The first-order chi connectivity index (χ1) is 16.7. The van der Waals surface area contributed by atoms with E-state index in [1.54, 1.807) is 53.4 Å². The van der Waals surface area contributed by atoms with Crippen LogP contribution in [0.5, 0.6) is 0 Å². The number of amides is 1. The summed E-state index contributed by atoms with van der Waals surface area (Å²) < 4.78 is 27.9. The van der Waals surface area contributed by atoms with E-state index in [1.807, 2.05) is 6.92 Å². The lowest BCUT2D eigenvalue weighted by molar-refractivity contribution is -0.123. The maximum Gasteiger partial charge on any atom is 0.263 e. The largest absolute Gasteiger partial charge is 0.358 e. The smallest absolute Gasteiger partial charge is 0.263 e. The quantitative estimate of drug-likeness (QED) is 0.431. The molecule has 0 fully saturated rings. The third kappa shape index (κ3) is 4.60. The number of pyridine rings is 1. The molecule has 2 unspecified atom stereocenters. The molecule has 1 aromatic heterocycles. The van der Waals surface area contributed by atoms with Crippen LogP contribution in [0.25, 0.3) is 11.3 Å². The molecule has 0 radical (unpaired) electrons. The molecule has 4 rings (SSSR count). The van der Waals surface area contributed by atoms with Crippen molar-refractivity contribution in [2.45, 2.75) is 18.0 Å². The summed E-state index contributed by atoms with van der Waals surface area (Å²) in [5.41, 5.74) is 8.23. The third-order valence-electron chi connectivity index (χ3n) is 5.83. The van der Waals surface area contributed by atoms with Gasteiger partial charge in [0.1, 0.15) is 16.6 Å². The highest BCUT2D eigenvalue weighted by Gasteiger charge is 2.42. The van der Waals surface area contributed by atoms with E-state index in [1.165, 1.54) is 19.2 Å². The lowest BCUT2D eigenvalue weighted by Gasteiger charge is -2.38. The monoisotopic (exact) mass is 513 g/mol. The first kappa shape index (κ1) is 24.6. The summed E-state index contributed by atoms with van der Waals surface area (Å²) in [5.74, 6) is -1.43. The summed E-state index contributed by atoms with van der Waals surface area (Å²) in [6, 6.07) is 16.2. The Morgan fingerprint density at radius 1 is 1.11 bits per heavy atom. The van der Waals surface area contributed by atoms with Gasteiger partial charge in [-0.1, -0.05) is 35.9 Å². The number of sulfonamides is 1. The maximum absolute atomic E-state index is 13.0. The zero-order valence-electron chi connectivity index (χ0n) is 19.0. The molecule has 2 heterocycles. The second-order valence-electron chi connectivity index (χ2n) is 7.91. The number of halogens is 1. The number of anilines is 2. The van der Waals surface area contributed by atoms with E-state index < -0.39 is 28.0 Å². The van der Waals surface area contributed by atoms with Crippen molar-refractivity contribution in [2.75, 3.05) is 23.2 Å². The SMILES string of the molecule is CCN1c2nc(-c3ccc(NS(=O)(=O)c4ccccc4Cl)cc3)ccc2C(=O)C(C(=O)NC)C1N. The van der Waals surface area contributed by atoms with Crippen molar-refractivity contribution in [3.63, 3.8) is 0 Å². The van der Waals surface area contributed by atoms with E-state index in [4.69, 9.17) is 17.3 Å². The van der Waals surface area contributed by atoms with Crippen LogP contribution in [0.3, 0.4) is 0 Å². The summed E-state index contributed by atoms with van der Waals surface area (Å²) in [4.78, 5) is 31.6. The summed E-state index contributed by atoms with van der Waals surface area (Å²) in [5, 5.41) is 2.63. The molecule has 9 nitrogen and oxygen atoms in total. The second-order valence-corrected chi connectivity index (χ2v) is 9.97. The van der Waals surface area contributed by atoms with Gasteiger partial charge < -0.3 is 16.0 Å². The Morgan fingerprint density at radius 2 is 1.80 bits per heavy atom. The zero-order valence-corrected chi connectivity index (χ0v) is 20.6. The molecule has 1 amide bonds. The molecule has 0 bridgehead atoms. The molecule has 2 aromatic carbocycles. The van der Waals surface area contributed by atoms with Crippen LogP contribution < -0.4 is 20.7 Å². The molecule has 35 heavy (non-hydrogen) atoms. The Kier molecular flexibility index (Phi) is 6.79. The van der Waals surface area contributed by atoms with Crippen molar-refractivity contribution >= 4 is 44.8 Å². The Labute approximate surface area is 208 Å². The number of carbonyl (C=O) groups excluding carboxylic acids is 2. The fourth-order valence-corrected chi connectivity index (χ4v) is 5.62. The number of hydrogen-bond donors (Lipinski definition) is 3. The van der Waals surface area contributed by atoms with Gasteiger partial charge in [-0.15, -0.1) is 0 Å². The van der Waals surface area contributed by atoms with Crippen LogP contribution in [0, 0.1) is 5.92 Å². The lowest BCUT2D eigenvalue weighted by Crippen LogP contribution is -2.58. The van der Waals surface area contributed by atoms with Gasteiger partial charge >= 0.3 is 0 Å². The van der Waals surface area contributed by atoms with E-state index >= 15 is 0 Å². The standard InChI is InChI=1S/C24H24ClN5O4S/c1-3-30-22(26)20(24(32)27-2)21(31)16-12-13-18(28-23(16)30)14-8-10-15(11-9-14)29-35(33,34)19-7-5-4-6-17(19)25/h4-13,20,22,29H,3,26H2,1-2H3,(H,27,32). The molecule has 4 N–H and O–H groups in total. The van der Waals surface area contributed by atoms with E-state index in [0.29, 0.717) is 34.9 Å². The number of aromatic nitrogens is 1. The van der Waals surface area contributed by atoms with E-state index in [0.717, 1.165) is 0 Å². The number of benzene rings is 2. The van der Waals surface area contributed by atoms with Crippen molar-refractivity contribution in [1.29, 1.82) is 0 Å². The van der Waals surface area contributed by atoms with Gasteiger partial charge in [-0.25, -0.2) is 13.4 Å². The number of ketones is 1. The second kappa shape index (κ2) is 9.65. The molecule has 1 aliphatic heterocycles. The predicted octanol–water partition coefficient (Wildman–Crippen LogP) is 2.87. The van der Waals surface area contributed by atoms with Gasteiger partial charge in [0, 0.05) is 24.8 Å². The number of carbonyl (C=O) groups is 2. The number of nitrogens with zero attached hydrogens (tertiary/aromatic N) is 2. The third-order valence-corrected chi connectivity index (χ3v) is 7.71. The van der Waals surface area contributed by atoms with Crippen molar-refractivity contribution in [3.05, 3.63) is 71.2 Å². The molecule has 0 aliphatic carbocycles. The van der Waals surface area contributed by atoms with Crippen LogP contribution in [-0.4, -0.2) is 44.9 Å². The number of Topliss-reactive ketones (excluding diaryl/α,β-unsaturated/α-hetero) is 1. The molecule has 11 heteroatoms. The van der Waals surface area contributed by atoms with Crippen LogP contribution in [0.2, 0.25) is 5.02 Å². The highest BCUT2D eigenvalue weighted by atomic mass is 35.5. The molecule has 182 valence electrons. The van der Waals surface area contributed by atoms with E-state index in [2.05, 4.69) is 15.0 Å². The topological polar surface area (TPSA) is 134 Å². The fraction of sp³-hybridized carbons (Fsp3) is 0.208. The first-order valence-electron chi connectivity index (χ1n) is 10.8. The van der Waals surface area contributed by atoms with E-state index in [-0.39, 0.29) is 15.7 Å². The number of hydrogen-bond acceptors (Lipinski definition) is 7. The summed E-state index contributed by atoms with van der Waals surface area (Å²) in [6.07, 6.45) is -0.843. The van der Waals surface area contributed by atoms with Crippen LogP contribution in [0.1, 0.15) is 17.3 Å². The highest BCUT2D eigenvalue weighted by molar-refractivity contribution is 7.92. The van der Waals surface area contributed by atoms with Gasteiger partial charge in [0.15, 0.2) is 5.78 Å². The van der Waals surface area contributed by atoms with Gasteiger partial charge in [0.05, 0.1) is 22.4 Å². The van der Waals surface area contributed by atoms with Gasteiger partial charge in [-0.05, 0) is 43.3 Å². The normalized spacial score (nSPS) is 17.6. The molecule has 0 saturated carbocycles. The minimum absolute atomic E-state index is 0.0159. The van der Waals surface area contributed by atoms with Gasteiger partial charge in [0.2, 0.25) is 5.91 Å². The van der Waals surface area contributed by atoms with Crippen LogP contribution in [0.4, 0.5) is 11.5 Å². The van der Waals surface area contributed by atoms with Gasteiger partial charge in [-0.2, -0.15) is 0 Å². The highest BCUT2D eigenvalue weighted by Crippen LogP contribution is 2.33. The van der Waals surface area contributed by atoms with Crippen molar-refractivity contribution in [1.82, 2.24) is 10.3 Å². The van der Waals surface area contributed by atoms with Crippen molar-refractivity contribution in [2.24, 2.45) is 11.7 Å². The van der Waals surface area contributed by atoms with E-state index in [9.17, 15) is 18.0 Å². The maximum atomic E-state index is 13.0. The Balaban J connectivity index is 1.63. The van der Waals surface area contributed by atoms with Crippen molar-refractivity contribution in [3.8, 4) is 11.3 Å². The zero-order chi connectivity index (χ0) is 25.3. The first-order valence-corrected chi connectivity index (χ1v) is 12.7. The molecule has 2 atom stereocenters. The molecule has 3 aromatic rings. The predicted molar refractivity (Wildman–Crippen MR) is 135 cm³/mol. The van der Waals surface area contributed by atoms with Crippen LogP contribution in [-0.2, 0) is 14.8 Å². The Morgan fingerprint density at radius 3 is 2.43 bits per heavy atom. The molecular formula is C24H24ClN5O4S. The number of fused-ring (bicyclic) bond motifs is 1. The van der Waals surface area contributed by atoms with Crippen LogP contribution >= 0.6 is 11.6 Å². The summed E-state index contributed by atoms with van der Waals surface area (Å²) in [6.45, 7) is 2.32. The summed E-state index contributed by atoms with van der Waals surface area (Å²) >= 11 is 6.03. The molecule has 0 saturated heterocycles. The minimum atomic E-state index is -3.86. The lowest BCUT2D eigenvalue weighted by atomic mass is 9.89.